The second-order valence-corrected chi connectivity index (χ2v) is 6.26. The van der Waals surface area contributed by atoms with Crippen molar-refractivity contribution in [3.63, 3.8) is 0 Å². The third-order valence-corrected chi connectivity index (χ3v) is 4.56. The molecule has 0 unspecified atom stereocenters. The van der Waals surface area contributed by atoms with E-state index in [2.05, 4.69) is 0 Å². The Morgan fingerprint density at radius 2 is 1.68 bits per heavy atom. The second kappa shape index (κ2) is 4.85. The van der Waals surface area contributed by atoms with E-state index in [1.165, 1.54) is 0 Å². The molecule has 2 rings (SSSR count). The Hall–Kier alpha value is -1.55. The summed E-state index contributed by atoms with van der Waals surface area (Å²) >= 11 is 1.15. The lowest BCUT2D eigenvalue weighted by molar-refractivity contribution is -0.133. The molecule has 100 valence electrons. The number of rotatable bonds is 1. The lowest BCUT2D eigenvalue weighted by Crippen LogP contribution is -2.48. The molecular formula is C15H17NO2S. The standard InChI is InChI=1S/C15H17NO2S/c1-10(2)12-16(11-8-6-5-7-9-11)13(17)15(3,4)14(18)19-12/h5-9H,1-4H3. The molecule has 0 bridgehead atoms. The number of allylic oxidation sites excluding steroid dienone is 1. The Kier molecular flexibility index (Phi) is 3.54. The van der Waals surface area contributed by atoms with Crippen molar-refractivity contribution in [3.8, 4) is 0 Å². The van der Waals surface area contributed by atoms with E-state index in [-0.39, 0.29) is 11.0 Å². The highest BCUT2D eigenvalue weighted by molar-refractivity contribution is 8.17. The van der Waals surface area contributed by atoms with E-state index in [1.54, 1.807) is 18.7 Å². The number of anilines is 1. The monoisotopic (exact) mass is 275 g/mol. The topological polar surface area (TPSA) is 37.4 Å². The highest BCUT2D eigenvalue weighted by Crippen LogP contribution is 2.42. The van der Waals surface area contributed by atoms with Crippen LogP contribution in [-0.4, -0.2) is 11.0 Å². The van der Waals surface area contributed by atoms with Gasteiger partial charge in [0, 0.05) is 5.69 Å². The molecule has 0 N–H and O–H groups in total. The molecule has 1 fully saturated rings. The van der Waals surface area contributed by atoms with Crippen molar-refractivity contribution < 1.29 is 9.59 Å². The van der Waals surface area contributed by atoms with Crippen molar-refractivity contribution in [2.45, 2.75) is 27.7 Å². The quantitative estimate of drug-likeness (QED) is 0.735. The van der Waals surface area contributed by atoms with Gasteiger partial charge in [-0.2, -0.15) is 0 Å². The minimum Gasteiger partial charge on any atom is -0.286 e. The maximum absolute atomic E-state index is 12.6. The van der Waals surface area contributed by atoms with Crippen LogP contribution in [0, 0.1) is 5.41 Å². The average Bonchev–Trinajstić information content (AvgIpc) is 2.37. The normalized spacial score (nSPS) is 18.7. The van der Waals surface area contributed by atoms with Crippen LogP contribution in [0.4, 0.5) is 5.69 Å². The first kappa shape index (κ1) is 13.9. The zero-order chi connectivity index (χ0) is 14.2. The summed E-state index contributed by atoms with van der Waals surface area (Å²) in [7, 11) is 0. The van der Waals surface area contributed by atoms with Gasteiger partial charge in [-0.05, 0) is 57.2 Å². The summed E-state index contributed by atoms with van der Waals surface area (Å²) in [5, 5.41) is 0.626. The van der Waals surface area contributed by atoms with Gasteiger partial charge in [0.05, 0.1) is 5.03 Å². The number of benzene rings is 1. The molecule has 3 nitrogen and oxygen atoms in total. The van der Waals surface area contributed by atoms with Gasteiger partial charge in [-0.1, -0.05) is 18.2 Å². The molecule has 19 heavy (non-hydrogen) atoms. The zero-order valence-corrected chi connectivity index (χ0v) is 12.4. The predicted molar refractivity (Wildman–Crippen MR) is 78.7 cm³/mol. The van der Waals surface area contributed by atoms with E-state index in [0.29, 0.717) is 0 Å². The number of carbonyl (C=O) groups is 2. The summed E-state index contributed by atoms with van der Waals surface area (Å²) in [6.07, 6.45) is 0. The van der Waals surface area contributed by atoms with E-state index in [9.17, 15) is 9.59 Å². The van der Waals surface area contributed by atoms with Gasteiger partial charge in [-0.25, -0.2) is 0 Å². The fraction of sp³-hybridized carbons (Fsp3) is 0.333. The first-order chi connectivity index (χ1) is 8.85. The van der Waals surface area contributed by atoms with E-state index in [1.807, 2.05) is 44.2 Å². The maximum atomic E-state index is 12.6. The summed E-state index contributed by atoms with van der Waals surface area (Å²) in [5.74, 6) is -0.168. The maximum Gasteiger partial charge on any atom is 0.246 e. The van der Waals surface area contributed by atoms with Gasteiger partial charge < -0.3 is 0 Å². The number of carbonyl (C=O) groups excluding carboxylic acids is 2. The van der Waals surface area contributed by atoms with Gasteiger partial charge >= 0.3 is 0 Å². The van der Waals surface area contributed by atoms with E-state index < -0.39 is 5.41 Å². The van der Waals surface area contributed by atoms with Crippen LogP contribution in [0.2, 0.25) is 0 Å². The molecule has 0 radical (unpaired) electrons. The SMILES string of the molecule is CC(C)=C1SC(=O)C(C)(C)C(=O)N1c1ccccc1. The van der Waals surface area contributed by atoms with E-state index >= 15 is 0 Å². The summed E-state index contributed by atoms with van der Waals surface area (Å²) in [4.78, 5) is 26.4. The van der Waals surface area contributed by atoms with Crippen molar-refractivity contribution in [2.75, 3.05) is 4.90 Å². The van der Waals surface area contributed by atoms with Crippen LogP contribution >= 0.6 is 11.8 Å². The van der Waals surface area contributed by atoms with Crippen molar-refractivity contribution in [2.24, 2.45) is 5.41 Å². The third-order valence-electron chi connectivity index (χ3n) is 3.08. The Bertz CT molecular complexity index is 557. The van der Waals surface area contributed by atoms with E-state index in [4.69, 9.17) is 0 Å². The molecule has 1 heterocycles. The van der Waals surface area contributed by atoms with E-state index in [0.717, 1.165) is 28.1 Å². The molecular weight excluding hydrogens is 258 g/mol. The number of hydrogen-bond acceptors (Lipinski definition) is 3. The smallest absolute Gasteiger partial charge is 0.246 e. The summed E-state index contributed by atoms with van der Waals surface area (Å²) in [5.41, 5.74) is 0.780. The summed E-state index contributed by atoms with van der Waals surface area (Å²) in [6, 6.07) is 9.45. The predicted octanol–water partition coefficient (Wildman–Crippen LogP) is 3.57. The van der Waals surface area contributed by atoms with Crippen molar-refractivity contribution in [1.82, 2.24) is 0 Å². The van der Waals surface area contributed by atoms with Crippen LogP contribution in [0.5, 0.6) is 0 Å². The largest absolute Gasteiger partial charge is 0.286 e. The Morgan fingerprint density at radius 3 is 2.21 bits per heavy atom. The highest BCUT2D eigenvalue weighted by atomic mass is 32.2. The van der Waals surface area contributed by atoms with Crippen molar-refractivity contribution >= 4 is 28.5 Å². The fourth-order valence-electron chi connectivity index (χ4n) is 1.86. The van der Waals surface area contributed by atoms with Crippen LogP contribution in [0.3, 0.4) is 0 Å². The zero-order valence-electron chi connectivity index (χ0n) is 11.6. The van der Waals surface area contributed by atoms with Gasteiger partial charge in [-0.3, -0.25) is 14.5 Å². The van der Waals surface area contributed by atoms with Gasteiger partial charge in [-0.15, -0.1) is 0 Å². The number of amides is 1. The Morgan fingerprint density at radius 1 is 1.11 bits per heavy atom. The molecule has 0 saturated carbocycles. The Labute approximate surface area is 117 Å². The van der Waals surface area contributed by atoms with Gasteiger partial charge in [0.25, 0.3) is 0 Å². The van der Waals surface area contributed by atoms with Crippen LogP contribution in [-0.2, 0) is 9.59 Å². The molecule has 1 aliphatic rings. The van der Waals surface area contributed by atoms with Crippen LogP contribution < -0.4 is 4.90 Å². The number of nitrogens with zero attached hydrogens (tertiary/aromatic N) is 1. The minimum atomic E-state index is -0.987. The molecule has 1 aromatic carbocycles. The highest BCUT2D eigenvalue weighted by Gasteiger charge is 2.46. The molecule has 1 saturated heterocycles. The molecule has 4 heteroatoms. The Balaban J connectivity index is 2.57. The van der Waals surface area contributed by atoms with Crippen molar-refractivity contribution in [3.05, 3.63) is 40.9 Å². The lowest BCUT2D eigenvalue weighted by Gasteiger charge is -2.37. The van der Waals surface area contributed by atoms with Gasteiger partial charge in [0.1, 0.15) is 5.41 Å². The molecule has 0 aliphatic carbocycles. The molecule has 1 aliphatic heterocycles. The fourth-order valence-corrected chi connectivity index (χ4v) is 2.86. The molecule has 0 spiro atoms. The molecule has 1 amide bonds. The third kappa shape index (κ3) is 2.32. The van der Waals surface area contributed by atoms with Gasteiger partial charge in [0.15, 0.2) is 0 Å². The number of thioether (sulfide) groups is 1. The van der Waals surface area contributed by atoms with Crippen LogP contribution in [0.1, 0.15) is 27.7 Å². The van der Waals surface area contributed by atoms with Gasteiger partial charge in [0.2, 0.25) is 11.0 Å². The minimum absolute atomic E-state index is 0.0964. The summed E-state index contributed by atoms with van der Waals surface area (Å²) in [6.45, 7) is 7.19. The molecule has 0 atom stereocenters. The number of hydrogen-bond donors (Lipinski definition) is 0. The summed E-state index contributed by atoms with van der Waals surface area (Å²) < 4.78 is 0. The van der Waals surface area contributed by atoms with Crippen LogP contribution in [0.25, 0.3) is 0 Å². The average molecular weight is 275 g/mol. The van der Waals surface area contributed by atoms with Crippen molar-refractivity contribution in [1.29, 1.82) is 0 Å². The molecule has 0 aromatic heterocycles. The first-order valence-corrected chi connectivity index (χ1v) is 6.96. The second-order valence-electron chi connectivity index (χ2n) is 5.30. The van der Waals surface area contributed by atoms with Crippen LogP contribution in [0.15, 0.2) is 40.9 Å². The molecule has 1 aromatic rings. The number of para-hydroxylation sites is 1. The first-order valence-electron chi connectivity index (χ1n) is 6.15. The lowest BCUT2D eigenvalue weighted by atomic mass is 9.92.